The number of fused-ring (bicyclic) bond motifs is 3. The predicted molar refractivity (Wildman–Crippen MR) is 95.0 cm³/mol. The number of aromatic nitrogens is 2. The van der Waals surface area contributed by atoms with Crippen molar-refractivity contribution in [1.29, 1.82) is 0 Å². The molecule has 1 aliphatic heterocycles. The van der Waals surface area contributed by atoms with Gasteiger partial charge in [-0.05, 0) is 29.8 Å². The lowest BCUT2D eigenvalue weighted by Gasteiger charge is -2.19. The van der Waals surface area contributed by atoms with Gasteiger partial charge in [-0.15, -0.1) is 0 Å². The van der Waals surface area contributed by atoms with Crippen molar-refractivity contribution in [1.82, 2.24) is 15.1 Å². The minimum atomic E-state index is -0.448. The molecule has 25 heavy (non-hydrogen) atoms. The third kappa shape index (κ3) is 2.81. The van der Waals surface area contributed by atoms with E-state index in [9.17, 15) is 4.79 Å². The Morgan fingerprint density at radius 3 is 2.80 bits per heavy atom. The van der Waals surface area contributed by atoms with E-state index in [-0.39, 0.29) is 6.04 Å². The number of benzene rings is 2. The molecule has 0 spiro atoms. The second kappa shape index (κ2) is 6.35. The van der Waals surface area contributed by atoms with Crippen molar-refractivity contribution in [2.75, 3.05) is 7.11 Å². The van der Waals surface area contributed by atoms with Crippen molar-refractivity contribution in [2.24, 2.45) is 0 Å². The third-order valence-corrected chi connectivity index (χ3v) is 4.56. The number of hydrogen-bond acceptors (Lipinski definition) is 4. The van der Waals surface area contributed by atoms with Crippen LogP contribution >= 0.6 is 11.6 Å². The molecular formula is C19H16ClN3O2. The van der Waals surface area contributed by atoms with Crippen LogP contribution in [0.25, 0.3) is 5.69 Å². The number of carbonyl (C=O) groups is 1. The summed E-state index contributed by atoms with van der Waals surface area (Å²) in [6, 6.07) is 17.6. The van der Waals surface area contributed by atoms with Crippen LogP contribution in [0.3, 0.4) is 0 Å². The number of nitrogens with zero attached hydrogens (tertiary/aromatic N) is 2. The monoisotopic (exact) mass is 353 g/mol. The molecule has 4 rings (SSSR count). The maximum atomic E-state index is 11.8. The van der Waals surface area contributed by atoms with Crippen molar-refractivity contribution in [3.05, 3.63) is 82.1 Å². The molecule has 3 aromatic rings. The fourth-order valence-electron chi connectivity index (χ4n) is 3.17. The number of methoxy groups -OCH3 is 1. The van der Waals surface area contributed by atoms with Crippen LogP contribution in [-0.2, 0) is 11.3 Å². The van der Waals surface area contributed by atoms with E-state index in [1.165, 1.54) is 7.11 Å². The number of halogens is 1. The molecule has 0 radical (unpaired) electrons. The predicted octanol–water partition coefficient (Wildman–Crippen LogP) is 3.50. The van der Waals surface area contributed by atoms with E-state index in [1.54, 1.807) is 10.7 Å². The maximum Gasteiger partial charge on any atom is 0.358 e. The van der Waals surface area contributed by atoms with Crippen LogP contribution in [-0.4, -0.2) is 22.9 Å². The molecule has 1 aromatic heterocycles. The number of ether oxygens (including phenoxy) is 1. The summed E-state index contributed by atoms with van der Waals surface area (Å²) in [5.41, 5.74) is 4.23. The van der Waals surface area contributed by atoms with Gasteiger partial charge in [0.2, 0.25) is 0 Å². The van der Waals surface area contributed by atoms with Gasteiger partial charge in [0.15, 0.2) is 5.69 Å². The Labute approximate surface area is 150 Å². The molecule has 1 N–H and O–H groups in total. The fraction of sp³-hybridized carbons (Fsp3) is 0.158. The molecule has 2 heterocycles. The van der Waals surface area contributed by atoms with Crippen molar-refractivity contribution < 1.29 is 9.53 Å². The highest BCUT2D eigenvalue weighted by Crippen LogP contribution is 2.33. The van der Waals surface area contributed by atoms with Gasteiger partial charge >= 0.3 is 5.97 Å². The molecule has 0 saturated heterocycles. The quantitative estimate of drug-likeness (QED) is 0.716. The summed E-state index contributed by atoms with van der Waals surface area (Å²) in [4.78, 5) is 11.8. The zero-order chi connectivity index (χ0) is 17.4. The first kappa shape index (κ1) is 15.9. The summed E-state index contributed by atoms with van der Waals surface area (Å²) in [6.07, 6.45) is 0. The second-order valence-corrected chi connectivity index (χ2v) is 6.29. The van der Waals surface area contributed by atoms with E-state index < -0.39 is 5.97 Å². The molecule has 0 aliphatic carbocycles. The van der Waals surface area contributed by atoms with Crippen LogP contribution in [0, 0.1) is 0 Å². The summed E-state index contributed by atoms with van der Waals surface area (Å²) >= 11 is 6.26. The summed E-state index contributed by atoms with van der Waals surface area (Å²) in [5.74, 6) is -0.448. The molecule has 2 aromatic carbocycles. The average Bonchev–Trinajstić information content (AvgIpc) is 3.00. The van der Waals surface area contributed by atoms with E-state index in [1.807, 2.05) is 36.4 Å². The van der Waals surface area contributed by atoms with E-state index in [0.29, 0.717) is 17.3 Å². The Hall–Kier alpha value is -2.63. The van der Waals surface area contributed by atoms with Gasteiger partial charge in [-0.25, -0.2) is 9.48 Å². The van der Waals surface area contributed by atoms with Gasteiger partial charge in [-0.3, -0.25) is 0 Å². The van der Waals surface area contributed by atoms with E-state index >= 15 is 0 Å². The number of esters is 1. The molecule has 1 unspecified atom stereocenters. The smallest absolute Gasteiger partial charge is 0.358 e. The van der Waals surface area contributed by atoms with Crippen LogP contribution in [0.2, 0.25) is 5.02 Å². The van der Waals surface area contributed by atoms with Gasteiger partial charge < -0.3 is 10.1 Å². The van der Waals surface area contributed by atoms with Gasteiger partial charge in [-0.2, -0.15) is 5.10 Å². The van der Waals surface area contributed by atoms with Gasteiger partial charge in [0.1, 0.15) is 0 Å². The third-order valence-electron chi connectivity index (χ3n) is 4.33. The standard InChI is InChI=1S/C19H16ClN3O2/c1-25-19(24)16-10-14-11-21-18(12-5-3-2-4-6-12)15-9-13(20)7-8-17(15)23(14)22-16/h2-10,18,21H,11H2,1H3. The van der Waals surface area contributed by atoms with Crippen molar-refractivity contribution in [3.8, 4) is 5.69 Å². The van der Waals surface area contributed by atoms with E-state index in [4.69, 9.17) is 16.3 Å². The van der Waals surface area contributed by atoms with Crippen molar-refractivity contribution in [3.63, 3.8) is 0 Å². The number of nitrogens with one attached hydrogen (secondary N) is 1. The molecule has 0 fully saturated rings. The van der Waals surface area contributed by atoms with Crippen LogP contribution in [0.15, 0.2) is 54.6 Å². The maximum absolute atomic E-state index is 11.8. The van der Waals surface area contributed by atoms with E-state index in [0.717, 1.165) is 22.5 Å². The average molecular weight is 354 g/mol. The highest BCUT2D eigenvalue weighted by atomic mass is 35.5. The van der Waals surface area contributed by atoms with Crippen molar-refractivity contribution >= 4 is 17.6 Å². The summed E-state index contributed by atoms with van der Waals surface area (Å²) in [6.45, 7) is 0.565. The minimum Gasteiger partial charge on any atom is -0.464 e. The minimum absolute atomic E-state index is 0.0156. The Morgan fingerprint density at radius 2 is 2.04 bits per heavy atom. The molecule has 5 nitrogen and oxygen atoms in total. The van der Waals surface area contributed by atoms with Crippen LogP contribution < -0.4 is 5.32 Å². The fourth-order valence-corrected chi connectivity index (χ4v) is 3.35. The largest absolute Gasteiger partial charge is 0.464 e. The Kier molecular flexibility index (Phi) is 4.03. The van der Waals surface area contributed by atoms with E-state index in [2.05, 4.69) is 22.5 Å². The summed E-state index contributed by atoms with van der Waals surface area (Å²) < 4.78 is 6.57. The topological polar surface area (TPSA) is 56.2 Å². The zero-order valence-electron chi connectivity index (χ0n) is 13.6. The lowest BCUT2D eigenvalue weighted by atomic mass is 9.97. The highest BCUT2D eigenvalue weighted by Gasteiger charge is 2.26. The zero-order valence-corrected chi connectivity index (χ0v) is 14.3. The first-order valence-corrected chi connectivity index (χ1v) is 8.30. The summed E-state index contributed by atoms with van der Waals surface area (Å²) in [5, 5.41) is 8.63. The number of carbonyl (C=O) groups excluding carboxylic acids is 1. The molecule has 6 heteroatoms. The highest BCUT2D eigenvalue weighted by molar-refractivity contribution is 6.30. The van der Waals surface area contributed by atoms with Gasteiger partial charge in [0, 0.05) is 17.1 Å². The normalized spacial score (nSPS) is 15.8. The first-order valence-electron chi connectivity index (χ1n) is 7.93. The van der Waals surface area contributed by atoms with Crippen LogP contribution in [0.1, 0.15) is 33.4 Å². The molecule has 1 aliphatic rings. The van der Waals surface area contributed by atoms with Crippen LogP contribution in [0.4, 0.5) is 0 Å². The molecule has 0 amide bonds. The van der Waals surface area contributed by atoms with Gasteiger partial charge in [0.25, 0.3) is 0 Å². The number of rotatable bonds is 2. The lowest BCUT2D eigenvalue weighted by molar-refractivity contribution is 0.0593. The lowest BCUT2D eigenvalue weighted by Crippen LogP contribution is -2.20. The molecule has 0 bridgehead atoms. The first-order chi connectivity index (χ1) is 12.2. The van der Waals surface area contributed by atoms with Crippen LogP contribution in [0.5, 0.6) is 0 Å². The Morgan fingerprint density at radius 1 is 1.24 bits per heavy atom. The summed E-state index contributed by atoms with van der Waals surface area (Å²) in [7, 11) is 1.35. The molecule has 1 atom stereocenters. The van der Waals surface area contributed by atoms with Gasteiger partial charge in [-0.1, -0.05) is 41.9 Å². The molecule has 0 saturated carbocycles. The molecule has 126 valence electrons. The Balaban J connectivity index is 1.88. The Bertz CT molecular complexity index is 937. The van der Waals surface area contributed by atoms with Crippen molar-refractivity contribution in [2.45, 2.75) is 12.6 Å². The second-order valence-electron chi connectivity index (χ2n) is 5.85. The SMILES string of the molecule is COC(=O)c1cc2n(n1)-c1ccc(Cl)cc1C(c1ccccc1)NC2. The molecular weight excluding hydrogens is 338 g/mol. The van der Waals surface area contributed by atoms with Gasteiger partial charge in [0.05, 0.1) is 24.5 Å². The number of hydrogen-bond donors (Lipinski definition) is 1.